The fourth-order valence-corrected chi connectivity index (χ4v) is 3.58. The van der Waals surface area contributed by atoms with Crippen molar-refractivity contribution < 1.29 is 14.2 Å². The van der Waals surface area contributed by atoms with Gasteiger partial charge in [-0.2, -0.15) is 9.97 Å². The summed E-state index contributed by atoms with van der Waals surface area (Å²) in [6.45, 7) is 4.74. The van der Waals surface area contributed by atoms with Crippen LogP contribution >= 0.6 is 0 Å². The predicted octanol–water partition coefficient (Wildman–Crippen LogP) is 3.27. The Morgan fingerprint density at radius 3 is 2.73 bits per heavy atom. The van der Waals surface area contributed by atoms with E-state index in [-0.39, 0.29) is 11.8 Å². The van der Waals surface area contributed by atoms with Crippen molar-refractivity contribution in [3.8, 4) is 11.8 Å². The maximum Gasteiger partial charge on any atom is 0.326 e. The number of hydrogen-bond donors (Lipinski definition) is 2. The Kier molecular flexibility index (Phi) is 4.32. The summed E-state index contributed by atoms with van der Waals surface area (Å²) in [6, 6.07) is 4.70. The molecule has 1 aromatic carbocycles. The number of rotatable bonds is 4. The molecule has 152 valence electrons. The van der Waals surface area contributed by atoms with Crippen molar-refractivity contribution in [1.82, 2.24) is 24.9 Å². The lowest BCUT2D eigenvalue weighted by Crippen LogP contribution is -2.41. The second-order valence-electron chi connectivity index (χ2n) is 7.36. The number of nitrogens with zero attached hydrogens (tertiary/aromatic N) is 5. The van der Waals surface area contributed by atoms with Gasteiger partial charge in [0.05, 0.1) is 23.9 Å². The summed E-state index contributed by atoms with van der Waals surface area (Å²) in [5.41, 5.74) is 2.42. The molecule has 4 aromatic rings. The Balaban J connectivity index is 1.61. The summed E-state index contributed by atoms with van der Waals surface area (Å²) < 4.78 is 19.7. The molecule has 0 saturated carbocycles. The van der Waals surface area contributed by atoms with E-state index >= 15 is 0 Å². The van der Waals surface area contributed by atoms with Gasteiger partial charge in [-0.25, -0.2) is 14.4 Å². The van der Waals surface area contributed by atoms with Crippen molar-refractivity contribution in [2.75, 3.05) is 18.0 Å². The number of hydrogen-bond acceptors (Lipinski definition) is 7. The van der Waals surface area contributed by atoms with Crippen molar-refractivity contribution in [2.24, 2.45) is 0 Å². The van der Waals surface area contributed by atoms with Gasteiger partial charge in [0, 0.05) is 24.0 Å². The molecule has 0 spiro atoms. The van der Waals surface area contributed by atoms with Gasteiger partial charge in [-0.3, -0.25) is 0 Å². The van der Waals surface area contributed by atoms with E-state index < -0.39 is 6.10 Å². The van der Waals surface area contributed by atoms with Crippen LogP contribution < -0.4 is 9.64 Å². The summed E-state index contributed by atoms with van der Waals surface area (Å²) in [7, 11) is 0. The van der Waals surface area contributed by atoms with Gasteiger partial charge < -0.3 is 19.7 Å². The number of aryl methyl sites for hydroxylation is 1. The number of fused-ring (bicyclic) bond motifs is 3. The Morgan fingerprint density at radius 1 is 1.23 bits per heavy atom. The van der Waals surface area contributed by atoms with Crippen LogP contribution in [0.25, 0.3) is 21.9 Å². The molecule has 8 nitrogen and oxygen atoms in total. The molecule has 1 unspecified atom stereocenters. The van der Waals surface area contributed by atoms with E-state index in [2.05, 4.69) is 24.9 Å². The standard InChI is InChI=1S/C21H19FN6O2/c1-11(29)5-13-9-28(10-13)20-18-16-6-14(22)3-4-17(16)25-19(18)26-21(27-20)30-15-7-23-12(2)24-8-15/h3-8,11,29H,9-10H2,1-2H3,(H,25,26,27). The normalized spacial score (nSPS) is 14.8. The second kappa shape index (κ2) is 7.03. The Morgan fingerprint density at radius 2 is 2.00 bits per heavy atom. The van der Waals surface area contributed by atoms with E-state index in [9.17, 15) is 9.50 Å². The van der Waals surface area contributed by atoms with Crippen LogP contribution in [-0.2, 0) is 0 Å². The van der Waals surface area contributed by atoms with Gasteiger partial charge >= 0.3 is 6.01 Å². The van der Waals surface area contributed by atoms with Gasteiger partial charge in [-0.15, -0.1) is 0 Å². The lowest BCUT2D eigenvalue weighted by Gasteiger charge is -2.35. The van der Waals surface area contributed by atoms with Crippen molar-refractivity contribution in [3.63, 3.8) is 0 Å². The van der Waals surface area contributed by atoms with E-state index in [0.29, 0.717) is 41.5 Å². The van der Waals surface area contributed by atoms with Crippen LogP contribution in [0.2, 0.25) is 0 Å². The molecule has 0 aliphatic carbocycles. The van der Waals surface area contributed by atoms with E-state index in [1.54, 1.807) is 32.3 Å². The van der Waals surface area contributed by atoms with Crippen LogP contribution in [0, 0.1) is 12.7 Å². The Hall–Kier alpha value is -3.59. The van der Waals surface area contributed by atoms with Crippen molar-refractivity contribution in [3.05, 3.63) is 53.9 Å². The van der Waals surface area contributed by atoms with Crippen LogP contribution in [-0.4, -0.2) is 49.2 Å². The molecule has 1 atom stereocenters. The number of halogens is 1. The monoisotopic (exact) mass is 406 g/mol. The van der Waals surface area contributed by atoms with Crippen LogP contribution in [0.3, 0.4) is 0 Å². The van der Waals surface area contributed by atoms with Gasteiger partial charge in [0.2, 0.25) is 0 Å². The highest BCUT2D eigenvalue weighted by Crippen LogP contribution is 2.36. The summed E-state index contributed by atoms with van der Waals surface area (Å²) in [5.74, 6) is 1.37. The molecule has 4 heterocycles. The summed E-state index contributed by atoms with van der Waals surface area (Å²) >= 11 is 0. The number of aliphatic hydroxyl groups excluding tert-OH is 1. The number of ether oxygens (including phenoxy) is 1. The minimum atomic E-state index is -0.504. The van der Waals surface area contributed by atoms with Crippen LogP contribution in [0.15, 0.2) is 42.2 Å². The van der Waals surface area contributed by atoms with Crippen LogP contribution in [0.1, 0.15) is 12.7 Å². The maximum absolute atomic E-state index is 13.9. The fraction of sp³-hybridized carbons (Fsp3) is 0.238. The summed E-state index contributed by atoms with van der Waals surface area (Å²) in [5, 5.41) is 11.0. The van der Waals surface area contributed by atoms with Gasteiger partial charge in [0.15, 0.2) is 5.75 Å². The lowest BCUT2D eigenvalue weighted by atomic mass is 10.0. The average molecular weight is 406 g/mol. The zero-order valence-corrected chi connectivity index (χ0v) is 16.4. The largest absolute Gasteiger partial charge is 0.421 e. The first-order valence-electron chi connectivity index (χ1n) is 9.54. The number of benzene rings is 1. The number of aromatic amines is 1. The third kappa shape index (κ3) is 3.33. The molecule has 1 aliphatic heterocycles. The number of nitrogens with one attached hydrogen (secondary N) is 1. The summed E-state index contributed by atoms with van der Waals surface area (Å²) in [6.07, 6.45) is 4.44. The zero-order chi connectivity index (χ0) is 20.8. The minimum absolute atomic E-state index is 0.143. The first-order chi connectivity index (χ1) is 14.5. The summed E-state index contributed by atoms with van der Waals surface area (Å²) in [4.78, 5) is 22.6. The quantitative estimate of drug-likeness (QED) is 0.502. The van der Waals surface area contributed by atoms with Crippen LogP contribution in [0.4, 0.5) is 10.2 Å². The number of H-pyrrole nitrogens is 1. The van der Waals surface area contributed by atoms with Gasteiger partial charge in [-0.05, 0) is 37.6 Å². The molecule has 5 rings (SSSR count). The van der Waals surface area contributed by atoms with Gasteiger partial charge in [-0.1, -0.05) is 6.08 Å². The molecule has 0 bridgehead atoms. The highest BCUT2D eigenvalue weighted by atomic mass is 19.1. The third-order valence-electron chi connectivity index (χ3n) is 4.90. The third-order valence-corrected chi connectivity index (χ3v) is 4.90. The number of anilines is 1. The molecule has 1 saturated heterocycles. The Labute approximate surface area is 171 Å². The van der Waals surface area contributed by atoms with Gasteiger partial charge in [0.25, 0.3) is 0 Å². The second-order valence-corrected chi connectivity index (χ2v) is 7.36. The molecular weight excluding hydrogens is 387 g/mol. The topological polar surface area (TPSA) is 100 Å². The number of aromatic nitrogens is 5. The fourth-order valence-electron chi connectivity index (χ4n) is 3.58. The van der Waals surface area contributed by atoms with Gasteiger partial charge in [0.1, 0.15) is 23.1 Å². The highest BCUT2D eigenvalue weighted by molar-refractivity contribution is 6.11. The molecule has 0 radical (unpaired) electrons. The molecule has 1 aliphatic rings. The average Bonchev–Trinajstić information content (AvgIpc) is 3.03. The highest BCUT2D eigenvalue weighted by Gasteiger charge is 2.27. The first-order valence-corrected chi connectivity index (χ1v) is 9.54. The van der Waals surface area contributed by atoms with E-state index in [1.807, 2.05) is 11.0 Å². The maximum atomic E-state index is 13.9. The van der Waals surface area contributed by atoms with E-state index in [0.717, 1.165) is 16.5 Å². The molecule has 3 aromatic heterocycles. The molecule has 2 N–H and O–H groups in total. The number of aliphatic hydroxyl groups is 1. The van der Waals surface area contributed by atoms with Crippen molar-refractivity contribution in [1.29, 1.82) is 0 Å². The molecule has 9 heteroatoms. The molecule has 30 heavy (non-hydrogen) atoms. The molecule has 0 amide bonds. The molecular formula is C21H19FN6O2. The minimum Gasteiger partial charge on any atom is -0.421 e. The predicted molar refractivity (Wildman–Crippen MR) is 110 cm³/mol. The van der Waals surface area contributed by atoms with Crippen molar-refractivity contribution >= 4 is 27.8 Å². The SMILES string of the molecule is Cc1ncc(Oc2nc(N3CC(=CC(C)O)C3)c3c(n2)[nH]c2ccc(F)cc23)cn1. The van der Waals surface area contributed by atoms with Crippen LogP contribution in [0.5, 0.6) is 11.8 Å². The smallest absolute Gasteiger partial charge is 0.326 e. The Bertz CT molecular complexity index is 1270. The molecule has 1 fully saturated rings. The van der Waals surface area contributed by atoms with Crippen molar-refractivity contribution in [2.45, 2.75) is 20.0 Å². The zero-order valence-electron chi connectivity index (χ0n) is 16.4. The van der Waals surface area contributed by atoms with E-state index in [4.69, 9.17) is 4.74 Å². The lowest BCUT2D eigenvalue weighted by molar-refractivity contribution is 0.242. The first kappa shape index (κ1) is 18.4. The van der Waals surface area contributed by atoms with E-state index in [1.165, 1.54) is 12.1 Å².